The smallest absolute Gasteiger partial charge is 0.339 e. The lowest BCUT2D eigenvalue weighted by Crippen LogP contribution is -2.50. The van der Waals surface area contributed by atoms with Crippen molar-refractivity contribution in [2.24, 2.45) is 0 Å². The fourth-order valence-corrected chi connectivity index (χ4v) is 10.2. The van der Waals surface area contributed by atoms with Crippen molar-refractivity contribution < 1.29 is 14.0 Å². The summed E-state index contributed by atoms with van der Waals surface area (Å²) in [5.74, 6) is 0.655. The number of cyclic esters (lactones) is 1. The van der Waals surface area contributed by atoms with E-state index >= 15 is 0 Å². The molecule has 0 amide bonds. The lowest BCUT2D eigenvalue weighted by Gasteiger charge is -2.42. The van der Waals surface area contributed by atoms with Crippen LogP contribution in [0.4, 0.5) is 0 Å². The number of halogens is 1. The molecule has 0 atom stereocenters. The van der Waals surface area contributed by atoms with Crippen LogP contribution in [0.1, 0.15) is 57.5 Å². The molecule has 140 valence electrons. The Kier molecular flexibility index (Phi) is 5.23. The molecular weight excluding hydrogens is 408 g/mol. The van der Waals surface area contributed by atoms with Crippen LogP contribution >= 0.6 is 15.9 Å². The maximum absolute atomic E-state index is 12.2. The van der Waals surface area contributed by atoms with E-state index in [4.69, 9.17) is 9.16 Å². The monoisotopic (exact) mass is 434 g/mol. The number of benzene rings is 2. The Morgan fingerprint density at radius 3 is 2.19 bits per heavy atom. The van der Waals surface area contributed by atoms with Crippen LogP contribution in [0.5, 0.6) is 5.75 Å². The third kappa shape index (κ3) is 2.99. The Balaban J connectivity index is 2.24. The molecule has 0 saturated heterocycles. The summed E-state index contributed by atoms with van der Waals surface area (Å²) in [6.45, 7) is 14.0. The molecule has 0 N–H and O–H groups in total. The van der Waals surface area contributed by atoms with E-state index in [1.807, 2.05) is 24.3 Å². The van der Waals surface area contributed by atoms with Gasteiger partial charge in [-0.05, 0) is 40.9 Å². The summed E-state index contributed by atoms with van der Waals surface area (Å²) in [6, 6.07) is 8.08. The Hall–Kier alpha value is -1.33. The minimum absolute atomic E-state index is 0.241. The standard InChI is InChI=1S/C21H27BrO3Si/c1-12(2)26(13(3)4,14(5)6)25-19-9-15-11-24-21(23)20(15)18-10-16(22)7-8-17(18)19/h7-10,12-14H,11H2,1-6H3. The van der Waals surface area contributed by atoms with Gasteiger partial charge in [0.1, 0.15) is 12.4 Å². The Bertz CT molecular complexity index is 836. The van der Waals surface area contributed by atoms with Crippen molar-refractivity contribution in [2.45, 2.75) is 64.8 Å². The van der Waals surface area contributed by atoms with Crippen molar-refractivity contribution in [3.8, 4) is 5.75 Å². The molecule has 0 bridgehead atoms. The van der Waals surface area contributed by atoms with Gasteiger partial charge in [0.05, 0.1) is 5.56 Å². The first-order chi connectivity index (χ1) is 12.2. The van der Waals surface area contributed by atoms with Gasteiger partial charge in [-0.3, -0.25) is 0 Å². The van der Waals surface area contributed by atoms with Crippen LogP contribution in [0.25, 0.3) is 10.8 Å². The average Bonchev–Trinajstić information content (AvgIpc) is 2.92. The zero-order valence-electron chi connectivity index (χ0n) is 16.4. The molecule has 1 aliphatic rings. The van der Waals surface area contributed by atoms with Crippen LogP contribution in [0, 0.1) is 0 Å². The molecule has 26 heavy (non-hydrogen) atoms. The number of hydrogen-bond acceptors (Lipinski definition) is 3. The molecule has 1 aliphatic heterocycles. The van der Waals surface area contributed by atoms with E-state index in [0.717, 1.165) is 26.6 Å². The molecule has 2 aromatic carbocycles. The number of hydrogen-bond donors (Lipinski definition) is 0. The maximum atomic E-state index is 12.2. The molecule has 0 aliphatic carbocycles. The van der Waals surface area contributed by atoms with E-state index in [1.165, 1.54) is 0 Å². The molecule has 0 radical (unpaired) electrons. The molecule has 0 fully saturated rings. The summed E-state index contributed by atoms with van der Waals surface area (Å²) in [7, 11) is -2.09. The van der Waals surface area contributed by atoms with Crippen LogP contribution in [-0.2, 0) is 11.3 Å². The highest BCUT2D eigenvalue weighted by molar-refractivity contribution is 9.10. The minimum Gasteiger partial charge on any atom is -0.542 e. The second-order valence-corrected chi connectivity index (χ2v) is 14.4. The van der Waals surface area contributed by atoms with Gasteiger partial charge in [-0.2, -0.15) is 0 Å². The van der Waals surface area contributed by atoms with Gasteiger partial charge in [0.2, 0.25) is 0 Å². The number of fused-ring (bicyclic) bond motifs is 3. The summed E-state index contributed by atoms with van der Waals surface area (Å²) in [5.41, 5.74) is 3.06. The SMILES string of the molecule is CC(C)[Si](Oc1cc2c(c3cc(Br)ccc13)C(=O)OC2)(C(C)C)C(C)C. The molecule has 0 aromatic heterocycles. The second kappa shape index (κ2) is 7.00. The van der Waals surface area contributed by atoms with Gasteiger partial charge in [-0.25, -0.2) is 4.79 Å². The van der Waals surface area contributed by atoms with E-state index in [2.05, 4.69) is 57.5 Å². The summed E-state index contributed by atoms with van der Waals surface area (Å²) < 4.78 is 13.2. The molecule has 3 rings (SSSR count). The van der Waals surface area contributed by atoms with Gasteiger partial charge in [-0.15, -0.1) is 0 Å². The fourth-order valence-electron chi connectivity index (χ4n) is 4.62. The Morgan fingerprint density at radius 1 is 1.00 bits per heavy atom. The topological polar surface area (TPSA) is 35.5 Å². The molecule has 5 heteroatoms. The maximum Gasteiger partial charge on any atom is 0.339 e. The number of carbonyl (C=O) groups is 1. The lowest BCUT2D eigenvalue weighted by atomic mass is 10.00. The van der Waals surface area contributed by atoms with Crippen LogP contribution in [0.15, 0.2) is 28.7 Å². The molecule has 0 saturated carbocycles. The summed E-state index contributed by atoms with van der Waals surface area (Å²) >= 11 is 3.53. The fraction of sp³-hybridized carbons (Fsp3) is 0.476. The van der Waals surface area contributed by atoms with Crippen LogP contribution in [0.2, 0.25) is 16.6 Å². The average molecular weight is 435 g/mol. The third-order valence-electron chi connectivity index (χ3n) is 5.70. The van der Waals surface area contributed by atoms with Crippen LogP contribution in [-0.4, -0.2) is 14.3 Å². The van der Waals surface area contributed by atoms with Gasteiger partial charge in [-0.1, -0.05) is 57.5 Å². The van der Waals surface area contributed by atoms with Crippen molar-refractivity contribution in [2.75, 3.05) is 0 Å². The number of rotatable bonds is 5. The number of esters is 1. The highest BCUT2D eigenvalue weighted by Crippen LogP contribution is 2.45. The van der Waals surface area contributed by atoms with Gasteiger partial charge in [0.15, 0.2) is 0 Å². The van der Waals surface area contributed by atoms with E-state index in [1.54, 1.807) is 0 Å². The van der Waals surface area contributed by atoms with E-state index in [9.17, 15) is 4.79 Å². The van der Waals surface area contributed by atoms with Crippen molar-refractivity contribution in [1.82, 2.24) is 0 Å². The zero-order valence-corrected chi connectivity index (χ0v) is 18.9. The normalized spacial score (nSPS) is 14.5. The van der Waals surface area contributed by atoms with Crippen molar-refractivity contribution in [3.05, 3.63) is 39.9 Å². The molecular formula is C21H27BrO3Si. The van der Waals surface area contributed by atoms with Gasteiger partial charge >= 0.3 is 5.97 Å². The zero-order chi connectivity index (χ0) is 19.2. The first-order valence-electron chi connectivity index (χ1n) is 9.29. The Labute approximate surface area is 165 Å². The predicted molar refractivity (Wildman–Crippen MR) is 112 cm³/mol. The molecule has 3 nitrogen and oxygen atoms in total. The highest BCUT2D eigenvalue weighted by atomic mass is 79.9. The van der Waals surface area contributed by atoms with Crippen molar-refractivity contribution >= 4 is 41.0 Å². The van der Waals surface area contributed by atoms with E-state index < -0.39 is 8.32 Å². The van der Waals surface area contributed by atoms with Crippen molar-refractivity contribution in [1.29, 1.82) is 0 Å². The van der Waals surface area contributed by atoms with Gasteiger partial charge in [0, 0.05) is 20.8 Å². The highest BCUT2D eigenvalue weighted by Gasteiger charge is 2.47. The first-order valence-corrected chi connectivity index (χ1v) is 12.2. The van der Waals surface area contributed by atoms with Gasteiger partial charge in [0.25, 0.3) is 8.32 Å². The summed E-state index contributed by atoms with van der Waals surface area (Å²) in [5, 5.41) is 1.90. The molecule has 2 aromatic rings. The predicted octanol–water partition coefficient (Wildman–Crippen LogP) is 6.83. The van der Waals surface area contributed by atoms with Crippen LogP contribution < -0.4 is 4.43 Å². The first kappa shape index (κ1) is 19.4. The third-order valence-corrected chi connectivity index (χ3v) is 12.2. The minimum atomic E-state index is -2.09. The van der Waals surface area contributed by atoms with Crippen molar-refractivity contribution in [3.63, 3.8) is 0 Å². The van der Waals surface area contributed by atoms with E-state index in [-0.39, 0.29) is 5.97 Å². The van der Waals surface area contributed by atoms with E-state index in [0.29, 0.717) is 28.8 Å². The van der Waals surface area contributed by atoms with Crippen LogP contribution in [0.3, 0.4) is 0 Å². The quantitative estimate of drug-likeness (QED) is 0.382. The summed E-state index contributed by atoms with van der Waals surface area (Å²) in [6.07, 6.45) is 0. The molecule has 1 heterocycles. The molecule has 0 unspecified atom stereocenters. The lowest BCUT2D eigenvalue weighted by molar-refractivity contribution is 0.0536. The molecule has 0 spiro atoms. The number of ether oxygens (including phenoxy) is 1. The Morgan fingerprint density at radius 2 is 1.62 bits per heavy atom. The largest absolute Gasteiger partial charge is 0.542 e. The number of carbonyl (C=O) groups excluding carboxylic acids is 1. The second-order valence-electron chi connectivity index (χ2n) is 8.09. The van der Waals surface area contributed by atoms with Gasteiger partial charge < -0.3 is 9.16 Å². The summed E-state index contributed by atoms with van der Waals surface area (Å²) in [4.78, 5) is 12.2.